The maximum Gasteiger partial charge on any atom is 0.244 e. The fraction of sp³-hybridized carbons (Fsp3) is 0.381. The van der Waals surface area contributed by atoms with Gasteiger partial charge in [-0.1, -0.05) is 18.2 Å². The van der Waals surface area contributed by atoms with Crippen LogP contribution >= 0.6 is 0 Å². The van der Waals surface area contributed by atoms with E-state index in [1.165, 1.54) is 0 Å². The van der Waals surface area contributed by atoms with Crippen LogP contribution in [0.3, 0.4) is 0 Å². The summed E-state index contributed by atoms with van der Waals surface area (Å²) in [6, 6.07) is 13.6. The lowest BCUT2D eigenvalue weighted by Gasteiger charge is -2.36. The van der Waals surface area contributed by atoms with Gasteiger partial charge >= 0.3 is 0 Å². The van der Waals surface area contributed by atoms with Crippen molar-refractivity contribution in [3.8, 4) is 0 Å². The normalized spacial score (nSPS) is 21.9. The third-order valence-electron chi connectivity index (χ3n) is 4.86. The molecule has 3 atom stereocenters. The summed E-state index contributed by atoms with van der Waals surface area (Å²) in [5.41, 5.74) is 2.64. The SMILES string of the molecule is C[C@@H]1CN(C(=O)[C@H](C)Nc2ccc3oc4ccccc4c3c2)C[C@@H](C)O1. The minimum Gasteiger partial charge on any atom is -0.456 e. The van der Waals surface area contributed by atoms with E-state index >= 15 is 0 Å². The van der Waals surface area contributed by atoms with Crippen LogP contribution in [0.5, 0.6) is 0 Å². The first-order chi connectivity index (χ1) is 12.5. The van der Waals surface area contributed by atoms with Gasteiger partial charge in [-0.05, 0) is 45.0 Å². The van der Waals surface area contributed by atoms with Gasteiger partial charge in [0.05, 0.1) is 12.2 Å². The van der Waals surface area contributed by atoms with Crippen molar-refractivity contribution in [3.63, 3.8) is 0 Å². The molecule has 1 aliphatic heterocycles. The van der Waals surface area contributed by atoms with Gasteiger partial charge in [0.25, 0.3) is 0 Å². The molecule has 3 aromatic rings. The van der Waals surface area contributed by atoms with Crippen molar-refractivity contribution in [2.24, 2.45) is 0 Å². The van der Waals surface area contributed by atoms with Gasteiger partial charge in [0.15, 0.2) is 0 Å². The Morgan fingerprint density at radius 2 is 1.77 bits per heavy atom. The molecule has 26 heavy (non-hydrogen) atoms. The number of carbonyl (C=O) groups is 1. The molecular weight excluding hydrogens is 328 g/mol. The van der Waals surface area contributed by atoms with Gasteiger partial charge in [0, 0.05) is 29.5 Å². The number of hydrogen-bond donors (Lipinski definition) is 1. The van der Waals surface area contributed by atoms with Crippen LogP contribution in [0.1, 0.15) is 20.8 Å². The molecule has 1 fully saturated rings. The van der Waals surface area contributed by atoms with Crippen LogP contribution in [0.25, 0.3) is 21.9 Å². The molecule has 1 amide bonds. The third kappa shape index (κ3) is 3.15. The maximum absolute atomic E-state index is 12.8. The van der Waals surface area contributed by atoms with E-state index in [-0.39, 0.29) is 24.2 Å². The highest BCUT2D eigenvalue weighted by atomic mass is 16.5. The van der Waals surface area contributed by atoms with Gasteiger partial charge < -0.3 is 19.4 Å². The van der Waals surface area contributed by atoms with Crippen molar-refractivity contribution in [1.29, 1.82) is 0 Å². The highest BCUT2D eigenvalue weighted by Crippen LogP contribution is 2.30. The second kappa shape index (κ2) is 6.65. The monoisotopic (exact) mass is 352 g/mol. The molecule has 1 aliphatic rings. The Morgan fingerprint density at radius 1 is 1.08 bits per heavy atom. The zero-order valence-electron chi connectivity index (χ0n) is 15.4. The molecule has 0 saturated carbocycles. The number of para-hydroxylation sites is 1. The summed E-state index contributed by atoms with van der Waals surface area (Å²) < 4.78 is 11.6. The molecule has 5 nitrogen and oxygen atoms in total. The summed E-state index contributed by atoms with van der Waals surface area (Å²) in [7, 11) is 0. The fourth-order valence-electron chi connectivity index (χ4n) is 3.76. The van der Waals surface area contributed by atoms with Crippen molar-refractivity contribution in [3.05, 3.63) is 42.5 Å². The Balaban J connectivity index is 1.54. The Hall–Kier alpha value is -2.53. The fourth-order valence-corrected chi connectivity index (χ4v) is 3.76. The summed E-state index contributed by atoms with van der Waals surface area (Å²) >= 11 is 0. The molecule has 5 heteroatoms. The number of fused-ring (bicyclic) bond motifs is 3. The Kier molecular flexibility index (Phi) is 4.32. The van der Waals surface area contributed by atoms with Crippen molar-refractivity contribution in [2.75, 3.05) is 18.4 Å². The van der Waals surface area contributed by atoms with Gasteiger partial charge in [-0.3, -0.25) is 4.79 Å². The van der Waals surface area contributed by atoms with E-state index in [0.29, 0.717) is 13.1 Å². The van der Waals surface area contributed by atoms with E-state index in [4.69, 9.17) is 9.15 Å². The number of ether oxygens (including phenoxy) is 1. The zero-order valence-corrected chi connectivity index (χ0v) is 15.4. The van der Waals surface area contributed by atoms with Crippen LogP contribution in [-0.4, -0.2) is 42.1 Å². The van der Waals surface area contributed by atoms with Gasteiger partial charge in [0.1, 0.15) is 17.2 Å². The molecule has 1 N–H and O–H groups in total. The second-order valence-electron chi connectivity index (χ2n) is 7.18. The molecule has 1 saturated heterocycles. The molecular formula is C21H24N2O3. The molecule has 0 spiro atoms. The average Bonchev–Trinajstić information content (AvgIpc) is 2.98. The number of amides is 1. The molecule has 2 aromatic carbocycles. The van der Waals surface area contributed by atoms with E-state index < -0.39 is 0 Å². The lowest BCUT2D eigenvalue weighted by Crippen LogP contribution is -2.52. The quantitative estimate of drug-likeness (QED) is 0.773. The Bertz CT molecular complexity index is 939. The number of carbonyl (C=O) groups excluding carboxylic acids is 1. The maximum atomic E-state index is 12.8. The van der Waals surface area contributed by atoms with E-state index in [1.807, 2.05) is 56.0 Å². The molecule has 2 heterocycles. The van der Waals surface area contributed by atoms with Gasteiger partial charge in [0.2, 0.25) is 5.91 Å². The highest BCUT2D eigenvalue weighted by Gasteiger charge is 2.28. The summed E-state index contributed by atoms with van der Waals surface area (Å²) in [5, 5.41) is 5.48. The molecule has 4 rings (SSSR count). The van der Waals surface area contributed by atoms with E-state index in [0.717, 1.165) is 27.6 Å². The number of nitrogens with zero attached hydrogens (tertiary/aromatic N) is 1. The standard InChI is InChI=1S/C21H24N2O3/c1-13-11-23(12-14(2)25-13)21(24)15(3)22-16-8-9-20-18(10-16)17-6-4-5-7-19(17)26-20/h4-10,13-15,22H,11-12H2,1-3H3/t13-,14-,15+/m1/s1. The minimum atomic E-state index is -0.303. The smallest absolute Gasteiger partial charge is 0.244 e. The van der Waals surface area contributed by atoms with Crippen molar-refractivity contribution >= 4 is 33.5 Å². The molecule has 0 radical (unpaired) electrons. The highest BCUT2D eigenvalue weighted by molar-refractivity contribution is 6.06. The predicted molar refractivity (Wildman–Crippen MR) is 103 cm³/mol. The number of furan rings is 1. The number of hydrogen-bond acceptors (Lipinski definition) is 4. The van der Waals surface area contributed by atoms with E-state index in [2.05, 4.69) is 17.4 Å². The molecule has 0 bridgehead atoms. The minimum absolute atomic E-state index is 0.0727. The van der Waals surface area contributed by atoms with Crippen molar-refractivity contribution in [1.82, 2.24) is 4.90 Å². The van der Waals surface area contributed by atoms with Gasteiger partial charge in [-0.15, -0.1) is 0 Å². The second-order valence-corrected chi connectivity index (χ2v) is 7.18. The summed E-state index contributed by atoms with van der Waals surface area (Å²) in [6.07, 6.45) is 0.145. The first-order valence-electron chi connectivity index (χ1n) is 9.13. The number of morpholine rings is 1. The van der Waals surface area contributed by atoms with Crippen LogP contribution < -0.4 is 5.32 Å². The summed E-state index contributed by atoms with van der Waals surface area (Å²) in [5.74, 6) is 0.101. The van der Waals surface area contributed by atoms with Crippen molar-refractivity contribution < 1.29 is 13.9 Å². The first-order valence-corrected chi connectivity index (χ1v) is 9.13. The Labute approximate surface area is 152 Å². The van der Waals surface area contributed by atoms with Crippen LogP contribution in [0.15, 0.2) is 46.9 Å². The predicted octanol–water partition coefficient (Wildman–Crippen LogP) is 4.02. The lowest BCUT2D eigenvalue weighted by molar-refractivity contribution is -0.143. The molecule has 136 valence electrons. The lowest BCUT2D eigenvalue weighted by atomic mass is 10.1. The van der Waals surface area contributed by atoms with Crippen molar-refractivity contribution in [2.45, 2.75) is 39.0 Å². The molecule has 0 aliphatic carbocycles. The zero-order chi connectivity index (χ0) is 18.3. The van der Waals surface area contributed by atoms with E-state index in [1.54, 1.807) is 0 Å². The largest absolute Gasteiger partial charge is 0.456 e. The van der Waals surface area contributed by atoms with Crippen LogP contribution in [0.4, 0.5) is 5.69 Å². The van der Waals surface area contributed by atoms with E-state index in [9.17, 15) is 4.79 Å². The van der Waals surface area contributed by atoms with Crippen LogP contribution in [0, 0.1) is 0 Å². The molecule has 0 unspecified atom stereocenters. The van der Waals surface area contributed by atoms with Crippen LogP contribution in [-0.2, 0) is 9.53 Å². The summed E-state index contributed by atoms with van der Waals surface area (Å²) in [6.45, 7) is 7.20. The molecule has 1 aromatic heterocycles. The number of benzene rings is 2. The van der Waals surface area contributed by atoms with Crippen LogP contribution in [0.2, 0.25) is 0 Å². The first kappa shape index (κ1) is 16.9. The Morgan fingerprint density at radius 3 is 2.54 bits per heavy atom. The number of anilines is 1. The van der Waals surface area contributed by atoms with Gasteiger partial charge in [-0.25, -0.2) is 0 Å². The number of rotatable bonds is 3. The average molecular weight is 352 g/mol. The third-order valence-corrected chi connectivity index (χ3v) is 4.86. The summed E-state index contributed by atoms with van der Waals surface area (Å²) in [4.78, 5) is 14.7. The number of nitrogens with one attached hydrogen (secondary N) is 1. The van der Waals surface area contributed by atoms with Gasteiger partial charge in [-0.2, -0.15) is 0 Å². The topological polar surface area (TPSA) is 54.7 Å².